The first-order valence-corrected chi connectivity index (χ1v) is 16.8. The number of rotatable bonds is 16. The number of hydrogen-bond donors (Lipinski definition) is 7. The monoisotopic (exact) mass is 741 g/mol. The van der Waals surface area contributed by atoms with Crippen LogP contribution in [0.4, 0.5) is 5.69 Å². The quantitative estimate of drug-likeness (QED) is 0.0768. The smallest absolute Gasteiger partial charge is 0.305 e. The molecule has 7 N–H and O–H groups in total. The van der Waals surface area contributed by atoms with Crippen LogP contribution in [0.15, 0.2) is 91.0 Å². The topological polar surface area (TPSA) is 216 Å². The molecule has 14 nitrogen and oxygen atoms in total. The third kappa shape index (κ3) is 10.3. The minimum absolute atomic E-state index is 0.0416. The molecule has 4 amide bonds. The van der Waals surface area contributed by atoms with E-state index in [4.69, 9.17) is 16.3 Å². The maximum atomic E-state index is 13.9. The number of halogens is 1. The normalized spacial score (nSPS) is 12.6. The molecule has 0 saturated heterocycles. The number of aromatic amines is 1. The first kappa shape index (κ1) is 37.8. The highest BCUT2D eigenvalue weighted by Gasteiger charge is 2.32. The van der Waals surface area contributed by atoms with Crippen LogP contribution in [0.5, 0.6) is 5.75 Å². The van der Waals surface area contributed by atoms with E-state index in [1.807, 2.05) is 36.4 Å². The van der Waals surface area contributed by atoms with Gasteiger partial charge in [0, 0.05) is 40.5 Å². The van der Waals surface area contributed by atoms with Gasteiger partial charge in [-0.2, -0.15) is 0 Å². The van der Waals surface area contributed by atoms with Crippen LogP contribution in [0.2, 0.25) is 5.02 Å². The molecule has 0 aliphatic heterocycles. The average molecular weight is 742 g/mol. The summed E-state index contributed by atoms with van der Waals surface area (Å²) in [6, 6.07) is 21.5. The minimum atomic E-state index is -1.72. The summed E-state index contributed by atoms with van der Waals surface area (Å²) in [4.78, 5) is 80.6. The Labute approximate surface area is 307 Å². The number of carbonyl (C=O) groups is 6. The lowest BCUT2D eigenvalue weighted by Crippen LogP contribution is -2.57. The van der Waals surface area contributed by atoms with E-state index in [-0.39, 0.29) is 18.5 Å². The molecule has 0 aliphatic carbocycles. The van der Waals surface area contributed by atoms with Gasteiger partial charge in [-0.15, -0.1) is 0 Å². The van der Waals surface area contributed by atoms with Crippen molar-refractivity contribution in [3.8, 4) is 5.75 Å². The van der Waals surface area contributed by atoms with Gasteiger partial charge in [0.05, 0.1) is 13.5 Å². The highest BCUT2D eigenvalue weighted by Crippen LogP contribution is 2.21. The zero-order valence-electron chi connectivity index (χ0n) is 28.4. The van der Waals surface area contributed by atoms with Gasteiger partial charge < -0.3 is 41.2 Å². The van der Waals surface area contributed by atoms with Gasteiger partial charge in [0.1, 0.15) is 29.6 Å². The highest BCUT2D eigenvalue weighted by molar-refractivity contribution is 6.31. The molecule has 1 aromatic heterocycles. The standard InChI is InChI=1S/C38H36ClN5O9/c1-53-27-8-4-7-26(19-27)40-35(49)29(13-14-33(45)46)42-38(52)32(20-34(47)48)44-36(50)30(16-21-9-10-22-5-2-3-6-23(22)15-21)43-37(51)31-18-24-17-25(39)11-12-28(24)41-31/h2-12,15,17-19,29-30,32,41H,13-14,16,20H2,1H3,(H,40,49)(H,42,52)(H,43,51)(H,44,50)(H,45,46)(H,47,48)/t29-,30+,32+/m1/s1. The number of carboxylic acids is 2. The summed E-state index contributed by atoms with van der Waals surface area (Å²) in [5.74, 6) is -5.62. The Morgan fingerprint density at radius 2 is 1.45 bits per heavy atom. The van der Waals surface area contributed by atoms with Gasteiger partial charge in [-0.3, -0.25) is 28.8 Å². The number of anilines is 1. The van der Waals surface area contributed by atoms with Crippen molar-refractivity contribution in [3.63, 3.8) is 0 Å². The number of carbonyl (C=O) groups excluding carboxylic acids is 4. The van der Waals surface area contributed by atoms with Crippen LogP contribution in [-0.2, 0) is 30.4 Å². The number of H-pyrrole nitrogens is 1. The van der Waals surface area contributed by atoms with Crippen molar-refractivity contribution in [2.45, 2.75) is 43.8 Å². The van der Waals surface area contributed by atoms with E-state index >= 15 is 0 Å². The molecule has 5 aromatic rings. The number of carboxylic acid groups (broad SMARTS) is 2. The van der Waals surface area contributed by atoms with Gasteiger partial charge >= 0.3 is 11.9 Å². The van der Waals surface area contributed by atoms with E-state index in [1.165, 1.54) is 13.2 Å². The van der Waals surface area contributed by atoms with Crippen LogP contribution in [-0.4, -0.2) is 76.0 Å². The van der Waals surface area contributed by atoms with Crippen LogP contribution in [0.3, 0.4) is 0 Å². The first-order chi connectivity index (χ1) is 25.4. The molecule has 53 heavy (non-hydrogen) atoms. The number of nitrogens with one attached hydrogen (secondary N) is 5. The lowest BCUT2D eigenvalue weighted by molar-refractivity contribution is -0.141. The number of ether oxygens (including phenoxy) is 1. The molecule has 1 heterocycles. The summed E-state index contributed by atoms with van der Waals surface area (Å²) in [6.07, 6.45) is -1.78. The molecular weight excluding hydrogens is 706 g/mol. The fraction of sp³-hybridized carbons (Fsp3) is 0.211. The zero-order valence-corrected chi connectivity index (χ0v) is 29.1. The maximum absolute atomic E-state index is 13.9. The Morgan fingerprint density at radius 1 is 0.717 bits per heavy atom. The Kier molecular flexibility index (Phi) is 12.3. The first-order valence-electron chi connectivity index (χ1n) is 16.4. The molecular formula is C38H36ClN5O9. The van der Waals surface area contributed by atoms with Crippen LogP contribution in [0.1, 0.15) is 35.3 Å². The van der Waals surface area contributed by atoms with Gasteiger partial charge in [-0.25, -0.2) is 0 Å². The lowest BCUT2D eigenvalue weighted by Gasteiger charge is -2.25. The Hall–Kier alpha value is -6.41. The van der Waals surface area contributed by atoms with E-state index in [2.05, 4.69) is 26.3 Å². The molecule has 0 radical (unpaired) electrons. The lowest BCUT2D eigenvalue weighted by atomic mass is 10.0. The average Bonchev–Trinajstić information content (AvgIpc) is 3.56. The summed E-state index contributed by atoms with van der Waals surface area (Å²) in [5, 5.41) is 32.0. The van der Waals surface area contributed by atoms with Crippen molar-refractivity contribution in [2.75, 3.05) is 12.4 Å². The predicted octanol–water partition coefficient (Wildman–Crippen LogP) is 4.27. The van der Waals surface area contributed by atoms with Gasteiger partial charge in [-0.1, -0.05) is 60.1 Å². The number of aliphatic carboxylic acids is 2. The molecule has 3 atom stereocenters. The molecule has 0 saturated carbocycles. The Balaban J connectivity index is 1.38. The fourth-order valence-electron chi connectivity index (χ4n) is 5.67. The number of amides is 4. The van der Waals surface area contributed by atoms with Crippen molar-refractivity contribution in [1.29, 1.82) is 0 Å². The van der Waals surface area contributed by atoms with Crippen molar-refractivity contribution in [1.82, 2.24) is 20.9 Å². The van der Waals surface area contributed by atoms with Gasteiger partial charge in [-0.05, 0) is 59.2 Å². The van der Waals surface area contributed by atoms with Crippen molar-refractivity contribution >= 4 is 74.5 Å². The third-order valence-corrected chi connectivity index (χ3v) is 8.57. The summed E-state index contributed by atoms with van der Waals surface area (Å²) >= 11 is 6.11. The van der Waals surface area contributed by atoms with E-state index in [1.54, 1.807) is 48.5 Å². The van der Waals surface area contributed by atoms with E-state index in [0.29, 0.717) is 32.9 Å². The van der Waals surface area contributed by atoms with Crippen molar-refractivity contribution in [3.05, 3.63) is 107 Å². The second kappa shape index (κ2) is 17.2. The molecule has 0 spiro atoms. The van der Waals surface area contributed by atoms with Crippen LogP contribution >= 0.6 is 11.6 Å². The summed E-state index contributed by atoms with van der Waals surface area (Å²) in [7, 11) is 1.43. The van der Waals surface area contributed by atoms with Crippen molar-refractivity contribution < 1.29 is 43.7 Å². The summed E-state index contributed by atoms with van der Waals surface area (Å²) < 4.78 is 5.16. The largest absolute Gasteiger partial charge is 0.497 e. The predicted molar refractivity (Wildman–Crippen MR) is 197 cm³/mol. The highest BCUT2D eigenvalue weighted by atomic mass is 35.5. The number of fused-ring (bicyclic) bond motifs is 2. The number of aromatic nitrogens is 1. The van der Waals surface area contributed by atoms with Crippen molar-refractivity contribution in [2.24, 2.45) is 0 Å². The third-order valence-electron chi connectivity index (χ3n) is 8.33. The second-order valence-corrected chi connectivity index (χ2v) is 12.6. The minimum Gasteiger partial charge on any atom is -0.497 e. The van der Waals surface area contributed by atoms with Gasteiger partial charge in [0.25, 0.3) is 5.91 Å². The molecule has 0 bridgehead atoms. The number of benzene rings is 4. The second-order valence-electron chi connectivity index (χ2n) is 12.2. The molecule has 274 valence electrons. The van der Waals surface area contributed by atoms with E-state index in [0.717, 1.165) is 10.8 Å². The zero-order chi connectivity index (χ0) is 38.1. The molecule has 0 fully saturated rings. The molecule has 5 rings (SSSR count). The fourth-order valence-corrected chi connectivity index (χ4v) is 5.85. The maximum Gasteiger partial charge on any atom is 0.305 e. The molecule has 0 unspecified atom stereocenters. The summed E-state index contributed by atoms with van der Waals surface area (Å²) in [6.45, 7) is 0. The van der Waals surface area contributed by atoms with Gasteiger partial charge in [0.2, 0.25) is 17.7 Å². The molecule has 0 aliphatic rings. The Bertz CT molecular complexity index is 2190. The van der Waals surface area contributed by atoms with Crippen LogP contribution < -0.4 is 26.0 Å². The molecule has 4 aromatic carbocycles. The van der Waals surface area contributed by atoms with E-state index < -0.39 is 66.5 Å². The number of hydrogen-bond acceptors (Lipinski definition) is 7. The van der Waals surface area contributed by atoms with Gasteiger partial charge in [0.15, 0.2) is 0 Å². The number of methoxy groups -OCH3 is 1. The summed E-state index contributed by atoms with van der Waals surface area (Å²) in [5.41, 5.74) is 1.71. The van der Waals surface area contributed by atoms with Crippen LogP contribution in [0, 0.1) is 0 Å². The SMILES string of the molecule is COc1cccc(NC(=O)[C@@H](CCC(=O)O)NC(=O)[C@H](CC(=O)O)NC(=O)[C@H](Cc2ccc3ccccc3c2)NC(=O)c2cc3cc(Cl)ccc3[nH]2)c1. The Morgan fingerprint density at radius 3 is 2.19 bits per heavy atom. The van der Waals surface area contributed by atoms with Crippen LogP contribution in [0.25, 0.3) is 21.7 Å². The van der Waals surface area contributed by atoms with E-state index in [9.17, 15) is 39.0 Å². The molecule has 15 heteroatoms.